The average molecular weight is 400 g/mol. The first-order chi connectivity index (χ1) is 8.24. The molecule has 1 N–H and O–H groups in total. The van der Waals surface area contributed by atoms with Gasteiger partial charge >= 0.3 is 0 Å². The Morgan fingerprint density at radius 1 is 1.24 bits per heavy atom. The van der Waals surface area contributed by atoms with E-state index in [2.05, 4.69) is 65.6 Å². The van der Waals surface area contributed by atoms with Crippen molar-refractivity contribution in [2.45, 2.75) is 0 Å². The first kappa shape index (κ1) is 11.2. The lowest BCUT2D eigenvalue weighted by Crippen LogP contribution is -1.83. The number of nitrogens with one attached hydrogen (secondary N) is 1. The Balaban J connectivity index is 2.23. The van der Waals surface area contributed by atoms with Crippen LogP contribution in [0.25, 0.3) is 22.6 Å². The number of rotatable bonds is 1. The number of halogens is 2. The van der Waals surface area contributed by atoms with E-state index in [9.17, 15) is 0 Å². The molecule has 0 bridgehead atoms. The van der Waals surface area contributed by atoms with Crippen LogP contribution in [0.15, 0.2) is 41.0 Å². The summed E-state index contributed by atoms with van der Waals surface area (Å²) in [5.74, 6) is 0.837. The second-order valence-corrected chi connectivity index (χ2v) is 5.68. The van der Waals surface area contributed by atoms with Crippen LogP contribution in [0.2, 0.25) is 0 Å². The number of aromatic amines is 1. The van der Waals surface area contributed by atoms with E-state index in [4.69, 9.17) is 0 Å². The molecule has 0 spiro atoms. The monoisotopic (exact) mass is 399 g/mol. The molecule has 17 heavy (non-hydrogen) atoms. The number of benzene rings is 1. The van der Waals surface area contributed by atoms with Crippen LogP contribution in [0, 0.1) is 3.57 Å². The summed E-state index contributed by atoms with van der Waals surface area (Å²) in [4.78, 5) is 12.0. The summed E-state index contributed by atoms with van der Waals surface area (Å²) < 4.78 is 2.20. The highest BCUT2D eigenvalue weighted by molar-refractivity contribution is 14.1. The average Bonchev–Trinajstić information content (AvgIpc) is 2.75. The molecule has 5 heteroatoms. The molecule has 0 atom stereocenters. The third-order valence-corrected chi connectivity index (χ3v) is 3.80. The molecular formula is C12H7BrIN3. The van der Waals surface area contributed by atoms with Crippen molar-refractivity contribution in [1.29, 1.82) is 0 Å². The van der Waals surface area contributed by atoms with E-state index < -0.39 is 0 Å². The molecule has 0 aliphatic carbocycles. The Hall–Kier alpha value is -0.950. The SMILES string of the molecule is Brc1ccc(I)cc1-c1nc2ncccc2[nH]1. The minimum atomic E-state index is 0.744. The quantitative estimate of drug-likeness (QED) is 0.628. The van der Waals surface area contributed by atoms with Gasteiger partial charge < -0.3 is 4.98 Å². The molecule has 0 radical (unpaired) electrons. The molecule has 0 saturated heterocycles. The topological polar surface area (TPSA) is 41.6 Å². The zero-order chi connectivity index (χ0) is 11.8. The molecule has 0 aliphatic heterocycles. The third-order valence-electron chi connectivity index (χ3n) is 2.44. The van der Waals surface area contributed by atoms with Crippen molar-refractivity contribution >= 4 is 49.7 Å². The molecule has 0 fully saturated rings. The summed E-state index contributed by atoms with van der Waals surface area (Å²) in [5, 5.41) is 0. The molecule has 2 heterocycles. The number of nitrogens with zero attached hydrogens (tertiary/aromatic N) is 2. The van der Waals surface area contributed by atoms with Crippen LogP contribution < -0.4 is 0 Å². The Bertz CT molecular complexity index is 660. The standard InChI is InChI=1S/C12H7BrIN3/c13-9-4-3-7(14)6-8(9)11-16-10-2-1-5-15-12(10)17-11/h1-6H,(H,15,16,17). The van der Waals surface area contributed by atoms with Gasteiger partial charge in [0.05, 0.1) is 5.52 Å². The number of fused-ring (bicyclic) bond motifs is 1. The molecule has 84 valence electrons. The molecule has 2 aromatic heterocycles. The number of aromatic nitrogens is 3. The highest BCUT2D eigenvalue weighted by Gasteiger charge is 2.09. The van der Waals surface area contributed by atoms with E-state index in [1.165, 1.54) is 3.57 Å². The second kappa shape index (κ2) is 4.38. The Labute approximate surface area is 120 Å². The minimum absolute atomic E-state index is 0.744. The highest BCUT2D eigenvalue weighted by atomic mass is 127. The molecule has 3 rings (SSSR count). The Kier molecular flexibility index (Phi) is 2.87. The van der Waals surface area contributed by atoms with Crippen LogP contribution in [0.3, 0.4) is 0 Å². The van der Waals surface area contributed by atoms with Crippen molar-refractivity contribution in [1.82, 2.24) is 15.0 Å². The van der Waals surface area contributed by atoms with Crippen LogP contribution in [0.4, 0.5) is 0 Å². The lowest BCUT2D eigenvalue weighted by Gasteiger charge is -2.01. The normalized spacial score (nSPS) is 10.9. The van der Waals surface area contributed by atoms with Gasteiger partial charge in [0.1, 0.15) is 5.82 Å². The van der Waals surface area contributed by atoms with E-state index in [0.29, 0.717) is 0 Å². The highest BCUT2D eigenvalue weighted by Crippen LogP contribution is 2.28. The van der Waals surface area contributed by atoms with E-state index in [1.54, 1.807) is 6.20 Å². The minimum Gasteiger partial charge on any atom is -0.337 e. The van der Waals surface area contributed by atoms with Crippen LogP contribution >= 0.6 is 38.5 Å². The summed E-state index contributed by atoms with van der Waals surface area (Å²) >= 11 is 5.83. The predicted molar refractivity (Wildman–Crippen MR) is 79.7 cm³/mol. The Morgan fingerprint density at radius 3 is 2.94 bits per heavy atom. The molecule has 0 aliphatic rings. The second-order valence-electron chi connectivity index (χ2n) is 3.58. The summed E-state index contributed by atoms with van der Waals surface area (Å²) in [6, 6.07) is 10.0. The first-order valence-corrected chi connectivity index (χ1v) is 6.87. The number of hydrogen-bond donors (Lipinski definition) is 1. The van der Waals surface area contributed by atoms with Gasteiger partial charge in [0.2, 0.25) is 0 Å². The van der Waals surface area contributed by atoms with Gasteiger partial charge in [-0.3, -0.25) is 0 Å². The maximum atomic E-state index is 4.48. The zero-order valence-electron chi connectivity index (χ0n) is 8.61. The summed E-state index contributed by atoms with van der Waals surface area (Å²) in [5.41, 5.74) is 2.75. The van der Waals surface area contributed by atoms with Crippen molar-refractivity contribution in [2.24, 2.45) is 0 Å². The fourth-order valence-corrected chi connectivity index (χ4v) is 2.58. The van der Waals surface area contributed by atoms with Gasteiger partial charge in [-0.1, -0.05) is 15.9 Å². The third kappa shape index (κ3) is 2.09. The Morgan fingerprint density at radius 2 is 2.12 bits per heavy atom. The molecule has 0 amide bonds. The summed E-state index contributed by atoms with van der Waals surface area (Å²) in [6.07, 6.45) is 1.75. The molecular weight excluding hydrogens is 393 g/mol. The van der Waals surface area contributed by atoms with Crippen molar-refractivity contribution < 1.29 is 0 Å². The first-order valence-electron chi connectivity index (χ1n) is 5.00. The fraction of sp³-hybridized carbons (Fsp3) is 0. The van der Waals surface area contributed by atoms with E-state index >= 15 is 0 Å². The van der Waals surface area contributed by atoms with E-state index in [0.717, 1.165) is 27.0 Å². The summed E-state index contributed by atoms with van der Waals surface area (Å²) in [7, 11) is 0. The van der Waals surface area contributed by atoms with Gasteiger partial charge in [-0.2, -0.15) is 0 Å². The smallest absolute Gasteiger partial charge is 0.178 e. The van der Waals surface area contributed by atoms with Crippen molar-refractivity contribution in [3.05, 3.63) is 44.6 Å². The van der Waals surface area contributed by atoms with Gasteiger partial charge in [-0.25, -0.2) is 9.97 Å². The van der Waals surface area contributed by atoms with E-state index in [1.807, 2.05) is 18.2 Å². The number of pyridine rings is 1. The predicted octanol–water partition coefficient (Wildman–Crippen LogP) is 3.99. The van der Waals surface area contributed by atoms with Crippen molar-refractivity contribution in [3.63, 3.8) is 0 Å². The largest absolute Gasteiger partial charge is 0.337 e. The number of imidazole rings is 1. The molecule has 0 unspecified atom stereocenters. The maximum Gasteiger partial charge on any atom is 0.178 e. The number of H-pyrrole nitrogens is 1. The number of hydrogen-bond acceptors (Lipinski definition) is 2. The van der Waals surface area contributed by atoms with Gasteiger partial charge in [-0.05, 0) is 52.9 Å². The van der Waals surface area contributed by atoms with Crippen LogP contribution in [-0.2, 0) is 0 Å². The van der Waals surface area contributed by atoms with Gasteiger partial charge in [0.15, 0.2) is 5.65 Å². The maximum absolute atomic E-state index is 4.48. The van der Waals surface area contributed by atoms with Gasteiger partial charge in [-0.15, -0.1) is 0 Å². The lowest BCUT2D eigenvalue weighted by atomic mass is 10.2. The van der Waals surface area contributed by atoms with Gasteiger partial charge in [0.25, 0.3) is 0 Å². The summed E-state index contributed by atoms with van der Waals surface area (Å²) in [6.45, 7) is 0. The van der Waals surface area contributed by atoms with Gasteiger partial charge in [0, 0.05) is 19.8 Å². The molecule has 1 aromatic carbocycles. The molecule has 0 saturated carbocycles. The molecule has 3 nitrogen and oxygen atoms in total. The van der Waals surface area contributed by atoms with E-state index in [-0.39, 0.29) is 0 Å². The van der Waals surface area contributed by atoms with Crippen molar-refractivity contribution in [2.75, 3.05) is 0 Å². The molecule has 3 aromatic rings. The lowest BCUT2D eigenvalue weighted by molar-refractivity contribution is 1.29. The van der Waals surface area contributed by atoms with Crippen LogP contribution in [0.5, 0.6) is 0 Å². The van der Waals surface area contributed by atoms with Crippen LogP contribution in [0.1, 0.15) is 0 Å². The zero-order valence-corrected chi connectivity index (χ0v) is 12.4. The van der Waals surface area contributed by atoms with Crippen LogP contribution in [-0.4, -0.2) is 15.0 Å². The van der Waals surface area contributed by atoms with Crippen molar-refractivity contribution in [3.8, 4) is 11.4 Å². The fourth-order valence-electron chi connectivity index (χ4n) is 1.65.